The van der Waals surface area contributed by atoms with Crippen LogP contribution in [0.4, 0.5) is 4.39 Å². The van der Waals surface area contributed by atoms with E-state index in [9.17, 15) is 4.39 Å². The summed E-state index contributed by atoms with van der Waals surface area (Å²) in [6.45, 7) is 6.24. The minimum absolute atomic E-state index is 0.608. The number of rotatable bonds is 9. The van der Waals surface area contributed by atoms with E-state index >= 15 is 0 Å². The fraction of sp³-hybridized carbons (Fsp3) is 0.857. The van der Waals surface area contributed by atoms with Crippen molar-refractivity contribution in [2.45, 2.75) is 77.8 Å². The summed E-state index contributed by atoms with van der Waals surface area (Å²) < 4.78 is 14.1. The highest BCUT2D eigenvalue weighted by Gasteiger charge is 2.22. The largest absolute Gasteiger partial charge is 0.239 e. The summed E-state index contributed by atoms with van der Waals surface area (Å²) in [6.07, 6.45) is 11.9. The Bertz CT molecular complexity index is 163. The van der Waals surface area contributed by atoms with Crippen LogP contribution in [0.5, 0.6) is 0 Å². The lowest BCUT2D eigenvalue weighted by molar-refractivity contribution is 0.201. The van der Waals surface area contributed by atoms with Crippen LogP contribution in [0.15, 0.2) is 12.2 Å². The van der Waals surface area contributed by atoms with Gasteiger partial charge in [-0.2, -0.15) is 0 Å². The molecule has 0 spiro atoms. The molecular formula is C14H27F. The first kappa shape index (κ1) is 14.7. The normalized spacial score (nSPS) is 15.7. The predicted octanol–water partition coefficient (Wildman–Crippen LogP) is 5.43. The molecule has 1 unspecified atom stereocenters. The molecule has 15 heavy (non-hydrogen) atoms. The maximum absolute atomic E-state index is 14.1. The lowest BCUT2D eigenvalue weighted by Gasteiger charge is -2.19. The van der Waals surface area contributed by atoms with E-state index in [0.717, 1.165) is 19.3 Å². The first-order valence-electron chi connectivity index (χ1n) is 6.55. The van der Waals surface area contributed by atoms with Gasteiger partial charge in [0.25, 0.3) is 0 Å². The van der Waals surface area contributed by atoms with Crippen molar-refractivity contribution in [2.75, 3.05) is 0 Å². The van der Waals surface area contributed by atoms with E-state index in [1.807, 2.05) is 13.0 Å². The number of allylic oxidation sites excluding steroid dienone is 2. The number of alkyl halides is 1. The Hall–Kier alpha value is -0.330. The Morgan fingerprint density at radius 1 is 1.00 bits per heavy atom. The molecular weight excluding hydrogens is 187 g/mol. The molecule has 0 aliphatic carbocycles. The Morgan fingerprint density at radius 2 is 1.67 bits per heavy atom. The summed E-state index contributed by atoms with van der Waals surface area (Å²) in [5.41, 5.74) is -1.04. The third kappa shape index (κ3) is 7.58. The van der Waals surface area contributed by atoms with Crippen molar-refractivity contribution in [3.8, 4) is 0 Å². The minimum atomic E-state index is -1.04. The maximum atomic E-state index is 14.1. The van der Waals surface area contributed by atoms with Crippen molar-refractivity contribution < 1.29 is 4.39 Å². The van der Waals surface area contributed by atoms with E-state index in [0.29, 0.717) is 12.8 Å². The highest BCUT2D eigenvalue weighted by molar-refractivity contribution is 5.00. The number of unbranched alkanes of at least 4 members (excludes halogenated alkanes) is 4. The molecule has 0 aliphatic rings. The Labute approximate surface area is 95.0 Å². The van der Waals surface area contributed by atoms with Crippen LogP contribution < -0.4 is 0 Å². The standard InChI is InChI=1S/C14H27F/c1-4-7-9-10-11-13-14(15,6-3)12-8-5-2/h11,13H,4-10,12H2,1-3H3/b13-11-. The van der Waals surface area contributed by atoms with Gasteiger partial charge in [-0.25, -0.2) is 4.39 Å². The Morgan fingerprint density at radius 3 is 2.20 bits per heavy atom. The van der Waals surface area contributed by atoms with Crippen molar-refractivity contribution in [3.63, 3.8) is 0 Å². The van der Waals surface area contributed by atoms with Gasteiger partial charge in [-0.05, 0) is 25.7 Å². The lowest BCUT2D eigenvalue weighted by atomic mass is 9.95. The summed E-state index contributed by atoms with van der Waals surface area (Å²) in [6, 6.07) is 0. The van der Waals surface area contributed by atoms with Crippen molar-refractivity contribution in [1.29, 1.82) is 0 Å². The molecule has 0 aliphatic heterocycles. The molecule has 1 heteroatoms. The zero-order valence-corrected chi connectivity index (χ0v) is 10.7. The number of hydrogen-bond acceptors (Lipinski definition) is 0. The highest BCUT2D eigenvalue weighted by Crippen LogP contribution is 2.25. The average Bonchev–Trinajstić information content (AvgIpc) is 2.26. The van der Waals surface area contributed by atoms with E-state index in [2.05, 4.69) is 13.8 Å². The molecule has 0 amide bonds. The van der Waals surface area contributed by atoms with Gasteiger partial charge in [-0.15, -0.1) is 0 Å². The van der Waals surface area contributed by atoms with E-state index in [4.69, 9.17) is 0 Å². The van der Waals surface area contributed by atoms with Crippen molar-refractivity contribution in [2.24, 2.45) is 0 Å². The zero-order valence-electron chi connectivity index (χ0n) is 10.7. The number of hydrogen-bond donors (Lipinski definition) is 0. The maximum Gasteiger partial charge on any atom is 0.128 e. The van der Waals surface area contributed by atoms with Crippen LogP contribution in [0.25, 0.3) is 0 Å². The summed E-state index contributed by atoms with van der Waals surface area (Å²) in [7, 11) is 0. The van der Waals surface area contributed by atoms with Crippen molar-refractivity contribution in [3.05, 3.63) is 12.2 Å². The van der Waals surface area contributed by atoms with Crippen LogP contribution in [-0.4, -0.2) is 5.67 Å². The summed E-state index contributed by atoms with van der Waals surface area (Å²) in [5.74, 6) is 0. The van der Waals surface area contributed by atoms with Crippen LogP contribution in [0.3, 0.4) is 0 Å². The monoisotopic (exact) mass is 214 g/mol. The molecule has 90 valence electrons. The van der Waals surface area contributed by atoms with Crippen LogP contribution in [0.1, 0.15) is 72.1 Å². The van der Waals surface area contributed by atoms with Gasteiger partial charge in [0, 0.05) is 0 Å². The fourth-order valence-electron chi connectivity index (χ4n) is 1.66. The zero-order chi connectivity index (χ0) is 11.6. The minimum Gasteiger partial charge on any atom is -0.239 e. The molecule has 0 radical (unpaired) electrons. The van der Waals surface area contributed by atoms with Crippen LogP contribution in [0, 0.1) is 0 Å². The SMILES string of the molecule is CCCCC/C=C\C(F)(CC)CCCC. The van der Waals surface area contributed by atoms with Gasteiger partial charge in [0.05, 0.1) is 0 Å². The smallest absolute Gasteiger partial charge is 0.128 e. The molecule has 0 saturated carbocycles. The molecule has 0 rings (SSSR count). The van der Waals surface area contributed by atoms with E-state index in [-0.39, 0.29) is 0 Å². The third-order valence-corrected chi connectivity index (χ3v) is 2.92. The van der Waals surface area contributed by atoms with Gasteiger partial charge in [-0.1, -0.05) is 58.6 Å². The van der Waals surface area contributed by atoms with Gasteiger partial charge < -0.3 is 0 Å². The van der Waals surface area contributed by atoms with Gasteiger partial charge >= 0.3 is 0 Å². The van der Waals surface area contributed by atoms with Gasteiger partial charge in [0.1, 0.15) is 5.67 Å². The van der Waals surface area contributed by atoms with Crippen molar-refractivity contribution in [1.82, 2.24) is 0 Å². The van der Waals surface area contributed by atoms with Gasteiger partial charge in [0.15, 0.2) is 0 Å². The molecule has 0 bridgehead atoms. The fourth-order valence-corrected chi connectivity index (χ4v) is 1.66. The second-order valence-corrected chi connectivity index (χ2v) is 4.39. The number of halogens is 1. The van der Waals surface area contributed by atoms with E-state index < -0.39 is 5.67 Å². The van der Waals surface area contributed by atoms with Crippen LogP contribution in [-0.2, 0) is 0 Å². The third-order valence-electron chi connectivity index (χ3n) is 2.92. The first-order valence-corrected chi connectivity index (χ1v) is 6.55. The summed E-state index contributed by atoms with van der Waals surface area (Å²) in [4.78, 5) is 0. The quantitative estimate of drug-likeness (QED) is 0.354. The van der Waals surface area contributed by atoms with Gasteiger partial charge in [0.2, 0.25) is 0 Å². The molecule has 0 aromatic carbocycles. The van der Waals surface area contributed by atoms with Crippen LogP contribution in [0.2, 0.25) is 0 Å². The highest BCUT2D eigenvalue weighted by atomic mass is 19.1. The van der Waals surface area contributed by atoms with E-state index in [1.165, 1.54) is 19.3 Å². The molecule has 0 fully saturated rings. The van der Waals surface area contributed by atoms with Gasteiger partial charge in [-0.3, -0.25) is 0 Å². The Kier molecular flexibility index (Phi) is 8.74. The predicted molar refractivity (Wildman–Crippen MR) is 66.9 cm³/mol. The summed E-state index contributed by atoms with van der Waals surface area (Å²) in [5, 5.41) is 0. The molecule has 0 heterocycles. The average molecular weight is 214 g/mol. The molecule has 0 nitrogen and oxygen atoms in total. The summed E-state index contributed by atoms with van der Waals surface area (Å²) >= 11 is 0. The lowest BCUT2D eigenvalue weighted by Crippen LogP contribution is -2.17. The second kappa shape index (κ2) is 8.94. The Balaban J connectivity index is 3.83. The first-order chi connectivity index (χ1) is 7.18. The van der Waals surface area contributed by atoms with Crippen molar-refractivity contribution >= 4 is 0 Å². The second-order valence-electron chi connectivity index (χ2n) is 4.39. The molecule has 0 aromatic rings. The molecule has 0 N–H and O–H groups in total. The topological polar surface area (TPSA) is 0 Å². The van der Waals surface area contributed by atoms with E-state index in [1.54, 1.807) is 6.08 Å². The molecule has 0 saturated heterocycles. The van der Waals surface area contributed by atoms with Crippen LogP contribution >= 0.6 is 0 Å². The molecule has 0 aromatic heterocycles. The molecule has 1 atom stereocenters.